The molecule has 0 saturated heterocycles. The zero-order valence-electron chi connectivity index (χ0n) is 14.1. The van der Waals surface area contributed by atoms with E-state index < -0.39 is 6.10 Å². The highest BCUT2D eigenvalue weighted by Crippen LogP contribution is 2.38. The van der Waals surface area contributed by atoms with Gasteiger partial charge in [0.15, 0.2) is 5.82 Å². The van der Waals surface area contributed by atoms with Crippen LogP contribution in [0.5, 0.6) is 0 Å². The minimum absolute atomic E-state index is 0.0637. The molecule has 0 spiro atoms. The first kappa shape index (κ1) is 16.0. The lowest BCUT2D eigenvalue weighted by atomic mass is 10.0. The van der Waals surface area contributed by atoms with Gasteiger partial charge in [0.05, 0.1) is 17.1 Å². The summed E-state index contributed by atoms with van der Waals surface area (Å²) in [5, 5.41) is 17.4. The summed E-state index contributed by atoms with van der Waals surface area (Å²) in [6.07, 6.45) is 0.952. The van der Waals surface area contributed by atoms with Gasteiger partial charge in [-0.3, -0.25) is 0 Å². The lowest BCUT2D eigenvalue weighted by Gasteiger charge is -2.15. The summed E-state index contributed by atoms with van der Waals surface area (Å²) >= 11 is 0. The molecule has 1 aliphatic carbocycles. The number of nitrogens with zero attached hydrogens (tertiary/aromatic N) is 4. The molecule has 1 aromatic carbocycles. The number of imidazole rings is 1. The third kappa shape index (κ3) is 2.97. The Balaban J connectivity index is 1.45. The van der Waals surface area contributed by atoms with Gasteiger partial charge in [0.25, 0.3) is 0 Å². The summed E-state index contributed by atoms with van der Waals surface area (Å²) in [5.41, 5.74) is 1.46. The summed E-state index contributed by atoms with van der Waals surface area (Å²) in [6, 6.07) is 4.52. The average Bonchev–Trinajstić information content (AvgIpc) is 3.25. The van der Waals surface area contributed by atoms with Crippen molar-refractivity contribution in [3.63, 3.8) is 0 Å². The van der Waals surface area contributed by atoms with Crippen molar-refractivity contribution in [3.8, 4) is 0 Å². The van der Waals surface area contributed by atoms with Crippen molar-refractivity contribution in [2.45, 2.75) is 31.8 Å². The van der Waals surface area contributed by atoms with Crippen LogP contribution < -0.4 is 5.32 Å². The van der Waals surface area contributed by atoms with E-state index in [1.807, 2.05) is 11.6 Å². The Morgan fingerprint density at radius 1 is 1.36 bits per heavy atom. The number of hydrogen-bond acceptors (Lipinski definition) is 6. The second-order valence-electron chi connectivity index (χ2n) is 6.68. The highest BCUT2D eigenvalue weighted by atomic mass is 19.1. The number of aryl methyl sites for hydroxylation is 2. The normalized spacial score (nSPS) is 23.4. The molecule has 0 amide bonds. The molecule has 8 heteroatoms. The molecule has 7 nitrogen and oxygen atoms in total. The zero-order chi connectivity index (χ0) is 17.6. The predicted octanol–water partition coefficient (Wildman–Crippen LogP) is 2.37. The number of aliphatic hydroxyl groups excluding tert-OH is 1. The van der Waals surface area contributed by atoms with Crippen LogP contribution in [0.4, 0.5) is 10.3 Å². The number of aromatic nitrogens is 4. The maximum absolute atomic E-state index is 13.4. The van der Waals surface area contributed by atoms with Crippen LogP contribution in [0.1, 0.15) is 30.5 Å². The van der Waals surface area contributed by atoms with E-state index in [4.69, 9.17) is 4.52 Å². The Morgan fingerprint density at radius 3 is 2.96 bits per heavy atom. The first-order valence-corrected chi connectivity index (χ1v) is 8.35. The molecule has 2 N–H and O–H groups in total. The topological polar surface area (TPSA) is 89.0 Å². The van der Waals surface area contributed by atoms with E-state index in [9.17, 15) is 9.50 Å². The molecule has 0 bridgehead atoms. The predicted molar refractivity (Wildman–Crippen MR) is 89.7 cm³/mol. The van der Waals surface area contributed by atoms with Crippen molar-refractivity contribution in [3.05, 3.63) is 35.7 Å². The van der Waals surface area contributed by atoms with E-state index in [-0.39, 0.29) is 17.7 Å². The number of halogens is 1. The number of nitrogens with one attached hydrogen (secondary N) is 1. The largest absolute Gasteiger partial charge is 0.393 e. The smallest absolute Gasteiger partial charge is 0.229 e. The van der Waals surface area contributed by atoms with Crippen LogP contribution in [0.25, 0.3) is 11.0 Å². The molecule has 3 atom stereocenters. The Bertz CT molecular complexity index is 906. The van der Waals surface area contributed by atoms with Gasteiger partial charge in [-0.2, -0.15) is 4.98 Å². The number of rotatable bonds is 4. The van der Waals surface area contributed by atoms with Crippen LogP contribution >= 0.6 is 0 Å². The van der Waals surface area contributed by atoms with Crippen LogP contribution in [-0.2, 0) is 7.05 Å². The van der Waals surface area contributed by atoms with Gasteiger partial charge in [-0.1, -0.05) is 5.16 Å². The summed E-state index contributed by atoms with van der Waals surface area (Å²) in [6.45, 7) is 2.36. The number of fused-ring (bicyclic) bond motifs is 1. The van der Waals surface area contributed by atoms with Gasteiger partial charge in [-0.15, -0.1) is 0 Å². The van der Waals surface area contributed by atoms with Crippen molar-refractivity contribution >= 4 is 17.0 Å². The van der Waals surface area contributed by atoms with Crippen molar-refractivity contribution < 1.29 is 14.0 Å². The molecule has 0 radical (unpaired) electrons. The lowest BCUT2D eigenvalue weighted by Crippen LogP contribution is -2.23. The molecule has 3 aromatic rings. The number of benzene rings is 1. The van der Waals surface area contributed by atoms with Gasteiger partial charge in [0.2, 0.25) is 11.8 Å². The molecule has 0 unspecified atom stereocenters. The van der Waals surface area contributed by atoms with Crippen molar-refractivity contribution in [2.75, 3.05) is 11.9 Å². The van der Waals surface area contributed by atoms with Crippen LogP contribution in [0.3, 0.4) is 0 Å². The van der Waals surface area contributed by atoms with Crippen molar-refractivity contribution in [1.82, 2.24) is 19.7 Å². The molecule has 25 heavy (non-hydrogen) atoms. The summed E-state index contributed by atoms with van der Waals surface area (Å²) in [4.78, 5) is 8.75. The van der Waals surface area contributed by atoms with Crippen LogP contribution in [0.2, 0.25) is 0 Å². The third-order valence-corrected chi connectivity index (χ3v) is 4.92. The van der Waals surface area contributed by atoms with E-state index in [0.717, 1.165) is 17.5 Å². The average molecular weight is 345 g/mol. The van der Waals surface area contributed by atoms with E-state index >= 15 is 0 Å². The quantitative estimate of drug-likeness (QED) is 0.755. The molecule has 1 saturated carbocycles. The molecular formula is C17H20FN5O2. The van der Waals surface area contributed by atoms with Crippen LogP contribution in [-0.4, -0.2) is 37.4 Å². The Hall–Kier alpha value is -2.48. The number of anilines is 1. The van der Waals surface area contributed by atoms with E-state index in [2.05, 4.69) is 20.4 Å². The first-order valence-electron chi connectivity index (χ1n) is 8.35. The number of hydrogen-bond donors (Lipinski definition) is 2. The minimum Gasteiger partial charge on any atom is -0.393 e. The SMILES string of the molecule is Cc1noc([C@H]2C[C@H](CNc3nc4ccc(F)cc4n3C)[C@H](O)C2)n1. The van der Waals surface area contributed by atoms with Gasteiger partial charge in [-0.05, 0) is 38.0 Å². The van der Waals surface area contributed by atoms with Crippen molar-refractivity contribution in [1.29, 1.82) is 0 Å². The second-order valence-corrected chi connectivity index (χ2v) is 6.68. The Labute approximate surface area is 143 Å². The van der Waals surface area contributed by atoms with Gasteiger partial charge in [-0.25, -0.2) is 9.37 Å². The van der Waals surface area contributed by atoms with Gasteiger partial charge >= 0.3 is 0 Å². The minimum atomic E-state index is -0.433. The third-order valence-electron chi connectivity index (χ3n) is 4.92. The van der Waals surface area contributed by atoms with Crippen LogP contribution in [0.15, 0.2) is 22.7 Å². The molecular weight excluding hydrogens is 325 g/mol. The fourth-order valence-corrected chi connectivity index (χ4v) is 3.55. The van der Waals surface area contributed by atoms with Gasteiger partial charge < -0.3 is 19.5 Å². The van der Waals surface area contributed by atoms with Crippen molar-refractivity contribution in [2.24, 2.45) is 13.0 Å². The highest BCUT2D eigenvalue weighted by molar-refractivity contribution is 5.78. The van der Waals surface area contributed by atoms with Crippen LogP contribution in [0, 0.1) is 18.7 Å². The zero-order valence-corrected chi connectivity index (χ0v) is 14.1. The maximum Gasteiger partial charge on any atom is 0.229 e. The van der Waals surface area contributed by atoms with E-state index in [0.29, 0.717) is 30.6 Å². The fourth-order valence-electron chi connectivity index (χ4n) is 3.55. The first-order chi connectivity index (χ1) is 12.0. The summed E-state index contributed by atoms with van der Waals surface area (Å²) in [7, 11) is 1.84. The molecule has 2 aromatic heterocycles. The monoisotopic (exact) mass is 345 g/mol. The summed E-state index contributed by atoms with van der Waals surface area (Å²) in [5.74, 6) is 1.72. The number of aliphatic hydroxyl groups is 1. The standard InChI is InChI=1S/C17H20FN5O2/c1-9-20-16(25-22-9)10-5-11(15(24)6-10)8-19-17-21-13-4-3-12(18)7-14(13)23(17)2/h3-4,7,10-11,15,24H,5-6,8H2,1-2H3,(H,19,21)/t10-,11+,15+/m0/s1. The molecule has 2 heterocycles. The molecule has 1 aliphatic rings. The van der Waals surface area contributed by atoms with Gasteiger partial charge in [0, 0.05) is 25.4 Å². The van der Waals surface area contributed by atoms with E-state index in [1.54, 1.807) is 13.0 Å². The Morgan fingerprint density at radius 2 is 2.20 bits per heavy atom. The molecule has 1 fully saturated rings. The van der Waals surface area contributed by atoms with Gasteiger partial charge in [0.1, 0.15) is 5.82 Å². The molecule has 132 valence electrons. The molecule has 4 rings (SSSR count). The lowest BCUT2D eigenvalue weighted by molar-refractivity contribution is 0.137. The second kappa shape index (κ2) is 6.11. The molecule has 0 aliphatic heterocycles. The Kier molecular flexibility index (Phi) is 3.91. The fraction of sp³-hybridized carbons (Fsp3) is 0.471. The maximum atomic E-state index is 13.4. The highest BCUT2D eigenvalue weighted by Gasteiger charge is 2.36. The summed E-state index contributed by atoms with van der Waals surface area (Å²) < 4.78 is 20.5. The van der Waals surface area contributed by atoms with E-state index in [1.165, 1.54) is 12.1 Å².